The third kappa shape index (κ3) is 8.82. The number of nitrogens with zero attached hydrogens (tertiary/aromatic N) is 4. The Morgan fingerprint density at radius 3 is 1.54 bits per heavy atom. The van der Waals surface area contributed by atoms with Gasteiger partial charge in [-0.15, -0.1) is 0 Å². The van der Waals surface area contributed by atoms with E-state index in [1.54, 1.807) is 0 Å². The molecule has 74 heavy (non-hydrogen) atoms. The fourth-order valence-corrected chi connectivity index (χ4v) is 11.1. The second-order valence-electron chi connectivity index (χ2n) is 22.5. The number of aromatic nitrogens is 2. The van der Waals surface area contributed by atoms with Gasteiger partial charge >= 0.3 is 0 Å². The van der Waals surface area contributed by atoms with Crippen molar-refractivity contribution in [1.82, 2.24) is 9.13 Å². The van der Waals surface area contributed by atoms with Crippen LogP contribution in [0.1, 0.15) is 84.6 Å². The van der Waals surface area contributed by atoms with Crippen molar-refractivity contribution in [3.05, 3.63) is 220 Å². The minimum Gasteiger partial charge on any atom is -0.456 e. The monoisotopic (exact) mass is 1050 g/mol. The first-order valence-electron chi connectivity index (χ1n) is 25.3. The molecule has 0 bridgehead atoms. The Morgan fingerprint density at radius 1 is 0.486 bits per heavy atom. The third-order valence-corrected chi connectivity index (χ3v) is 15.4. The first-order chi connectivity index (χ1) is 35.3. The van der Waals surface area contributed by atoms with Crippen LogP contribution in [0.5, 0.6) is 11.5 Å². The number of para-hydroxylation sites is 1. The molecule has 9 aromatic carbocycles. The maximum Gasteiger partial charge on any atom is 0.145 e. The van der Waals surface area contributed by atoms with Crippen LogP contribution in [0.15, 0.2) is 193 Å². The molecule has 0 saturated heterocycles. The number of fused-ring (bicyclic) bond motifs is 6. The van der Waals surface area contributed by atoms with E-state index in [0.717, 1.165) is 76.9 Å². The van der Waals surface area contributed by atoms with E-state index in [1.165, 1.54) is 27.5 Å². The summed E-state index contributed by atoms with van der Waals surface area (Å²) in [4.78, 5) is 2.29. The topological polar surface area (TPSA) is 46.1 Å². The van der Waals surface area contributed by atoms with Crippen molar-refractivity contribution in [2.24, 2.45) is 0 Å². The lowest BCUT2D eigenvalue weighted by molar-refractivity contribution is 0.479. The first kappa shape index (κ1) is 48.7. The normalized spacial score (nSPS) is 12.2. The minimum atomic E-state index is -0.0473. The van der Waals surface area contributed by atoms with Crippen LogP contribution >= 0.6 is 27.5 Å². The third-order valence-electron chi connectivity index (χ3n) is 14.4. The smallest absolute Gasteiger partial charge is 0.145 e. The zero-order valence-electron chi connectivity index (χ0n) is 43.4. The zero-order valence-corrected chi connectivity index (χ0v) is 45.7. The van der Waals surface area contributed by atoms with Crippen molar-refractivity contribution < 1.29 is 4.74 Å². The van der Waals surface area contributed by atoms with Gasteiger partial charge in [-0.25, -0.2) is 0 Å². The van der Waals surface area contributed by atoms with E-state index in [0.29, 0.717) is 22.1 Å². The summed E-state index contributed by atoms with van der Waals surface area (Å²) in [6.07, 6.45) is 0. The van der Waals surface area contributed by atoms with E-state index in [-0.39, 0.29) is 16.2 Å². The molecule has 0 amide bonds. The summed E-state index contributed by atoms with van der Waals surface area (Å²) in [5.74, 6) is 1.20. The predicted molar refractivity (Wildman–Crippen MR) is 315 cm³/mol. The molecule has 7 heteroatoms. The molecule has 0 radical (unpaired) electrons. The Balaban J connectivity index is 1.07. The Hall–Kier alpha value is -7.56. The number of hydrogen-bond acceptors (Lipinski definition) is 3. The van der Waals surface area contributed by atoms with Gasteiger partial charge in [0.15, 0.2) is 0 Å². The summed E-state index contributed by atoms with van der Waals surface area (Å²) in [6, 6.07) is 68.8. The summed E-state index contributed by atoms with van der Waals surface area (Å²) >= 11 is 11.4. The number of hydrogen-bond donors (Lipinski definition) is 0. The molecule has 0 N–H and O–H groups in total. The van der Waals surface area contributed by atoms with E-state index in [1.807, 2.05) is 42.5 Å². The van der Waals surface area contributed by atoms with Gasteiger partial charge in [0.1, 0.15) is 11.5 Å². The predicted octanol–water partition coefficient (Wildman–Crippen LogP) is 20.0. The van der Waals surface area contributed by atoms with Crippen molar-refractivity contribution in [2.45, 2.75) is 78.6 Å². The Labute approximate surface area is 448 Å². The van der Waals surface area contributed by atoms with Crippen LogP contribution in [0.2, 0.25) is 5.02 Å². The minimum absolute atomic E-state index is 0.0143. The fraction of sp³-hybridized carbons (Fsp3) is 0.179. The van der Waals surface area contributed by atoms with Gasteiger partial charge in [0, 0.05) is 61.3 Å². The van der Waals surface area contributed by atoms with E-state index >= 15 is 0 Å². The lowest BCUT2D eigenvalue weighted by Crippen LogP contribution is -2.13. The highest BCUT2D eigenvalue weighted by Crippen LogP contribution is 2.49. The van der Waals surface area contributed by atoms with Crippen LogP contribution in [-0.2, 0) is 16.2 Å². The van der Waals surface area contributed by atoms with E-state index in [9.17, 15) is 5.26 Å². The average molecular weight is 1050 g/mol. The van der Waals surface area contributed by atoms with Gasteiger partial charge in [-0.2, -0.15) is 5.26 Å². The highest BCUT2D eigenvalue weighted by molar-refractivity contribution is 9.10. The number of anilines is 3. The van der Waals surface area contributed by atoms with Crippen molar-refractivity contribution >= 4 is 88.2 Å². The van der Waals surface area contributed by atoms with Gasteiger partial charge in [-0.1, -0.05) is 153 Å². The maximum atomic E-state index is 9.93. The summed E-state index contributed by atoms with van der Waals surface area (Å²) in [5, 5.41) is 15.0. The molecule has 11 rings (SSSR count). The molecule has 0 aliphatic heterocycles. The number of benzene rings is 9. The highest BCUT2D eigenvalue weighted by atomic mass is 79.9. The molecule has 0 spiro atoms. The standard InChI is InChI=1S/C67H58BrClN4O/c1-65(2,3)44-26-30-59-54(34-44)53-33-42(41-70)25-29-58(53)72(59)50-21-16-22-51(40-50)74-63-38-47(69)37-62(64(63)68)73(57-24-14-13-23-52(57)43-17-11-10-12-18-43)49-20-15-19-48(39-49)71-60-31-27-45(66(4,5)6)35-55(60)56-36-46(67(7,8)9)28-32-61(56)71/h10-40H,1-9H3. The van der Waals surface area contributed by atoms with Crippen LogP contribution in [0.4, 0.5) is 17.1 Å². The largest absolute Gasteiger partial charge is 0.456 e. The quantitative estimate of drug-likeness (QED) is 0.152. The summed E-state index contributed by atoms with van der Waals surface area (Å²) in [7, 11) is 0. The van der Waals surface area contributed by atoms with Crippen LogP contribution in [0, 0.1) is 11.3 Å². The maximum absolute atomic E-state index is 9.93. The molecule has 5 nitrogen and oxygen atoms in total. The SMILES string of the molecule is CC(C)(C)c1ccc2c(c1)c1cc(C#N)ccc1n2-c1cccc(Oc2cc(Cl)cc(N(c3cccc(-n4c5ccc(C(C)(C)C)cc5c5cc(C(C)(C)C)ccc54)c3)c3ccccc3-c3ccccc3)c2Br)c1. The van der Waals surface area contributed by atoms with Gasteiger partial charge in [0.25, 0.3) is 0 Å². The Kier molecular flexibility index (Phi) is 12.1. The molecule has 0 aliphatic carbocycles. The lowest BCUT2D eigenvalue weighted by Gasteiger charge is -2.30. The number of rotatable bonds is 8. The van der Waals surface area contributed by atoms with Gasteiger partial charge in [-0.3, -0.25) is 0 Å². The molecule has 2 aromatic heterocycles. The molecule has 0 saturated carbocycles. The molecular weight excluding hydrogens is 992 g/mol. The summed E-state index contributed by atoms with van der Waals surface area (Å²) in [5.41, 5.74) is 15.6. The molecule has 0 aliphatic rings. The Bertz CT molecular complexity index is 3970. The summed E-state index contributed by atoms with van der Waals surface area (Å²) < 4.78 is 12.4. The van der Waals surface area contributed by atoms with E-state index in [2.05, 4.69) is 244 Å². The number of ether oxygens (including phenoxy) is 1. The first-order valence-corrected chi connectivity index (χ1v) is 26.4. The van der Waals surface area contributed by atoms with Crippen molar-refractivity contribution in [2.75, 3.05) is 4.90 Å². The molecule has 366 valence electrons. The van der Waals surface area contributed by atoms with Gasteiger partial charge < -0.3 is 18.8 Å². The summed E-state index contributed by atoms with van der Waals surface area (Å²) in [6.45, 7) is 20.4. The lowest BCUT2D eigenvalue weighted by atomic mass is 9.85. The van der Waals surface area contributed by atoms with Crippen LogP contribution in [0.3, 0.4) is 0 Å². The van der Waals surface area contributed by atoms with Crippen molar-refractivity contribution in [1.29, 1.82) is 5.26 Å². The second-order valence-corrected chi connectivity index (χ2v) is 23.8. The van der Waals surface area contributed by atoms with Crippen LogP contribution in [-0.4, -0.2) is 9.13 Å². The molecular formula is C67H58BrClN4O. The Morgan fingerprint density at radius 2 is 0.986 bits per heavy atom. The molecule has 0 fully saturated rings. The van der Waals surface area contributed by atoms with E-state index < -0.39 is 0 Å². The second kappa shape index (κ2) is 18.4. The van der Waals surface area contributed by atoms with Crippen LogP contribution < -0.4 is 9.64 Å². The molecule has 2 heterocycles. The van der Waals surface area contributed by atoms with Gasteiger partial charge in [-0.05, 0) is 151 Å². The highest BCUT2D eigenvalue weighted by Gasteiger charge is 2.26. The molecule has 0 unspecified atom stereocenters. The number of halogens is 2. The number of nitriles is 1. The van der Waals surface area contributed by atoms with Gasteiger partial charge in [0.05, 0.1) is 49.5 Å². The average Bonchev–Trinajstić information content (AvgIpc) is 3.90. The van der Waals surface area contributed by atoms with Crippen LogP contribution in [0.25, 0.3) is 66.1 Å². The molecule has 11 aromatic rings. The van der Waals surface area contributed by atoms with E-state index in [4.69, 9.17) is 16.3 Å². The van der Waals surface area contributed by atoms with Gasteiger partial charge in [0.2, 0.25) is 0 Å². The van der Waals surface area contributed by atoms with Crippen molar-refractivity contribution in [3.63, 3.8) is 0 Å². The van der Waals surface area contributed by atoms with Crippen molar-refractivity contribution in [3.8, 4) is 40.1 Å². The zero-order chi connectivity index (χ0) is 51.8. The molecule has 0 atom stereocenters. The fourth-order valence-electron chi connectivity index (χ4n) is 10.4.